The van der Waals surface area contributed by atoms with Gasteiger partial charge in [-0.05, 0) is 28.1 Å². The first-order chi connectivity index (χ1) is 5.66. The molecule has 12 heavy (non-hydrogen) atoms. The summed E-state index contributed by atoms with van der Waals surface area (Å²) in [6, 6.07) is 4.83. The van der Waals surface area contributed by atoms with Crippen LogP contribution in [0.25, 0.3) is 0 Å². The molecule has 64 valence electrons. The minimum Gasteiger partial charge on any atom is -0.496 e. The van der Waals surface area contributed by atoms with Crippen LogP contribution in [-0.2, 0) is 0 Å². The monoisotopic (exact) mass is 230 g/mol. The predicted octanol–water partition coefficient (Wildman–Crippen LogP) is 2.16. The number of methoxy groups -OCH3 is 1. The van der Waals surface area contributed by atoms with Crippen molar-refractivity contribution in [3.8, 4) is 5.75 Å². The standard InChI is InChI=1S/C8H7BrO3/c1-12-6-4-2-3-5(7(6)9)8(10)11/h2-4H,1H3,(H,10,11). The molecule has 0 aromatic heterocycles. The van der Waals surface area contributed by atoms with Crippen molar-refractivity contribution in [3.63, 3.8) is 0 Å². The number of carboxylic acid groups (broad SMARTS) is 1. The average Bonchev–Trinajstić information content (AvgIpc) is 2.04. The predicted molar refractivity (Wildman–Crippen MR) is 47.7 cm³/mol. The van der Waals surface area contributed by atoms with E-state index in [9.17, 15) is 4.79 Å². The quantitative estimate of drug-likeness (QED) is 0.848. The molecule has 0 amide bonds. The molecule has 3 nitrogen and oxygen atoms in total. The molecular formula is C8H7BrO3. The molecule has 0 heterocycles. The Morgan fingerprint density at radius 3 is 2.75 bits per heavy atom. The molecule has 1 aromatic rings. The number of carboxylic acids is 1. The minimum atomic E-state index is -0.972. The summed E-state index contributed by atoms with van der Waals surface area (Å²) >= 11 is 3.14. The molecule has 1 aromatic carbocycles. The van der Waals surface area contributed by atoms with Crippen molar-refractivity contribution in [1.29, 1.82) is 0 Å². The summed E-state index contributed by atoms with van der Waals surface area (Å²) < 4.78 is 5.40. The van der Waals surface area contributed by atoms with Crippen LogP contribution in [0.3, 0.4) is 0 Å². The highest BCUT2D eigenvalue weighted by atomic mass is 79.9. The number of carbonyl (C=O) groups is 1. The molecule has 0 aliphatic rings. The maximum absolute atomic E-state index is 10.6. The topological polar surface area (TPSA) is 46.5 Å². The Morgan fingerprint density at radius 1 is 1.58 bits per heavy atom. The Morgan fingerprint density at radius 2 is 2.25 bits per heavy atom. The molecule has 0 spiro atoms. The van der Waals surface area contributed by atoms with E-state index < -0.39 is 5.97 Å². The summed E-state index contributed by atoms with van der Waals surface area (Å²) in [5.74, 6) is -0.448. The summed E-state index contributed by atoms with van der Waals surface area (Å²) in [6.07, 6.45) is 0. The van der Waals surface area contributed by atoms with Crippen LogP contribution in [0.15, 0.2) is 22.7 Å². The van der Waals surface area contributed by atoms with Crippen LogP contribution >= 0.6 is 15.9 Å². The van der Waals surface area contributed by atoms with Crippen molar-refractivity contribution < 1.29 is 14.6 Å². The SMILES string of the molecule is COc1cccc(C(=O)O)c1Br. The number of halogens is 1. The van der Waals surface area contributed by atoms with Gasteiger partial charge in [-0.1, -0.05) is 6.07 Å². The molecule has 0 saturated heterocycles. The Balaban J connectivity index is 3.23. The van der Waals surface area contributed by atoms with E-state index in [1.165, 1.54) is 13.2 Å². The van der Waals surface area contributed by atoms with Crippen molar-refractivity contribution >= 4 is 21.9 Å². The summed E-state index contributed by atoms with van der Waals surface area (Å²) in [7, 11) is 1.49. The Kier molecular flexibility index (Phi) is 2.70. The molecule has 0 atom stereocenters. The third-order valence-electron chi connectivity index (χ3n) is 1.41. The highest BCUT2D eigenvalue weighted by Crippen LogP contribution is 2.27. The molecule has 0 aliphatic heterocycles. The van der Waals surface area contributed by atoms with E-state index in [2.05, 4.69) is 15.9 Å². The fraction of sp³-hybridized carbons (Fsp3) is 0.125. The molecular weight excluding hydrogens is 224 g/mol. The zero-order valence-electron chi connectivity index (χ0n) is 6.37. The van der Waals surface area contributed by atoms with Gasteiger partial charge in [0.15, 0.2) is 0 Å². The third kappa shape index (κ3) is 1.58. The largest absolute Gasteiger partial charge is 0.496 e. The summed E-state index contributed by atoms with van der Waals surface area (Å²) in [6.45, 7) is 0. The molecule has 0 saturated carbocycles. The Bertz CT molecular complexity index is 309. The second-order valence-electron chi connectivity index (χ2n) is 2.13. The van der Waals surface area contributed by atoms with Gasteiger partial charge in [-0.3, -0.25) is 0 Å². The van der Waals surface area contributed by atoms with Gasteiger partial charge in [-0.2, -0.15) is 0 Å². The van der Waals surface area contributed by atoms with Crippen LogP contribution < -0.4 is 4.74 Å². The molecule has 0 unspecified atom stereocenters. The van der Waals surface area contributed by atoms with Crippen molar-refractivity contribution in [2.24, 2.45) is 0 Å². The van der Waals surface area contributed by atoms with Crippen LogP contribution in [-0.4, -0.2) is 18.2 Å². The van der Waals surface area contributed by atoms with E-state index in [1.54, 1.807) is 12.1 Å². The van der Waals surface area contributed by atoms with Crippen molar-refractivity contribution in [3.05, 3.63) is 28.2 Å². The van der Waals surface area contributed by atoms with E-state index in [1.807, 2.05) is 0 Å². The molecule has 0 radical (unpaired) electrons. The van der Waals surface area contributed by atoms with Crippen molar-refractivity contribution in [2.75, 3.05) is 7.11 Å². The second-order valence-corrected chi connectivity index (χ2v) is 2.92. The Labute approximate surface area is 78.1 Å². The molecule has 1 N–H and O–H groups in total. The smallest absolute Gasteiger partial charge is 0.336 e. The molecule has 0 bridgehead atoms. The average molecular weight is 231 g/mol. The molecule has 0 fully saturated rings. The lowest BCUT2D eigenvalue weighted by Crippen LogP contribution is -1.98. The number of hydrogen-bond donors (Lipinski definition) is 1. The van der Waals surface area contributed by atoms with Crippen LogP contribution in [0.1, 0.15) is 10.4 Å². The van der Waals surface area contributed by atoms with Gasteiger partial charge in [0, 0.05) is 0 Å². The van der Waals surface area contributed by atoms with Crippen molar-refractivity contribution in [2.45, 2.75) is 0 Å². The zero-order chi connectivity index (χ0) is 9.14. The van der Waals surface area contributed by atoms with E-state index in [0.29, 0.717) is 10.2 Å². The summed E-state index contributed by atoms with van der Waals surface area (Å²) in [5, 5.41) is 8.70. The minimum absolute atomic E-state index is 0.203. The fourth-order valence-electron chi connectivity index (χ4n) is 0.834. The van der Waals surface area contributed by atoms with Crippen LogP contribution in [0, 0.1) is 0 Å². The maximum atomic E-state index is 10.6. The van der Waals surface area contributed by atoms with Gasteiger partial charge in [-0.25, -0.2) is 4.79 Å². The summed E-state index contributed by atoms with van der Waals surface area (Å²) in [5.41, 5.74) is 0.203. The van der Waals surface area contributed by atoms with E-state index in [4.69, 9.17) is 9.84 Å². The highest BCUT2D eigenvalue weighted by molar-refractivity contribution is 9.10. The normalized spacial score (nSPS) is 9.50. The first kappa shape index (κ1) is 9.06. The van der Waals surface area contributed by atoms with Crippen LogP contribution in [0.2, 0.25) is 0 Å². The van der Waals surface area contributed by atoms with Crippen molar-refractivity contribution in [1.82, 2.24) is 0 Å². The van der Waals surface area contributed by atoms with Gasteiger partial charge in [0.2, 0.25) is 0 Å². The van der Waals surface area contributed by atoms with Gasteiger partial charge >= 0.3 is 5.97 Å². The molecule has 4 heteroatoms. The second kappa shape index (κ2) is 3.58. The fourth-order valence-corrected chi connectivity index (χ4v) is 1.43. The van der Waals surface area contributed by atoms with Gasteiger partial charge in [-0.15, -0.1) is 0 Å². The maximum Gasteiger partial charge on any atom is 0.336 e. The Hall–Kier alpha value is -1.03. The van der Waals surface area contributed by atoms with Gasteiger partial charge in [0.1, 0.15) is 5.75 Å². The van der Waals surface area contributed by atoms with E-state index in [-0.39, 0.29) is 5.56 Å². The number of ether oxygens (including phenoxy) is 1. The first-order valence-corrected chi connectivity index (χ1v) is 4.02. The number of rotatable bonds is 2. The van der Waals surface area contributed by atoms with E-state index >= 15 is 0 Å². The van der Waals surface area contributed by atoms with Crippen LogP contribution in [0.5, 0.6) is 5.75 Å². The van der Waals surface area contributed by atoms with E-state index in [0.717, 1.165) is 0 Å². The molecule has 0 aliphatic carbocycles. The lowest BCUT2D eigenvalue weighted by molar-refractivity contribution is 0.0695. The number of aromatic carboxylic acids is 1. The summed E-state index contributed by atoms with van der Waals surface area (Å²) in [4.78, 5) is 10.6. The molecule has 1 rings (SSSR count). The van der Waals surface area contributed by atoms with Crippen LogP contribution in [0.4, 0.5) is 0 Å². The lowest BCUT2D eigenvalue weighted by Gasteiger charge is -2.04. The lowest BCUT2D eigenvalue weighted by atomic mass is 10.2. The third-order valence-corrected chi connectivity index (χ3v) is 2.23. The highest BCUT2D eigenvalue weighted by Gasteiger charge is 2.10. The zero-order valence-corrected chi connectivity index (χ0v) is 7.96. The van der Waals surface area contributed by atoms with Gasteiger partial charge in [0.05, 0.1) is 17.1 Å². The number of hydrogen-bond acceptors (Lipinski definition) is 2. The first-order valence-electron chi connectivity index (χ1n) is 3.22. The van der Waals surface area contributed by atoms with Gasteiger partial charge in [0.25, 0.3) is 0 Å². The van der Waals surface area contributed by atoms with Gasteiger partial charge < -0.3 is 9.84 Å². The number of benzene rings is 1.